The highest BCUT2D eigenvalue weighted by Gasteiger charge is 2.33. The highest BCUT2D eigenvalue weighted by atomic mass is 32.2. The summed E-state index contributed by atoms with van der Waals surface area (Å²) in [5, 5.41) is 26.5. The number of aromatic hydroxyl groups is 1. The lowest BCUT2D eigenvalue weighted by Gasteiger charge is -2.28. The molecule has 4 amide bonds. The standard InChI is InChI=1S/C24H37N5O7S/c1-4-13(2)20(23(34)28-18(24(35)36)11-14-5-7-15(30)8-6-14)29-22(33)17(12-19(26)31)27-21(32)16(25)9-10-37-3/h5-8,13,16-18,20,30H,4,9-12,25H2,1-3H3,(H2,26,31)(H,27,32)(H,28,34)(H,29,33)(H,35,36). The normalized spacial score (nSPS) is 14.9. The van der Waals surface area contributed by atoms with Gasteiger partial charge in [0.15, 0.2) is 0 Å². The third kappa shape index (κ3) is 11.1. The Morgan fingerprint density at radius 3 is 2.08 bits per heavy atom. The van der Waals surface area contributed by atoms with Crippen molar-refractivity contribution in [1.82, 2.24) is 16.0 Å². The van der Waals surface area contributed by atoms with Gasteiger partial charge in [0.05, 0.1) is 12.5 Å². The second-order valence-corrected chi connectivity index (χ2v) is 9.75. The van der Waals surface area contributed by atoms with Crippen molar-refractivity contribution < 1.29 is 34.2 Å². The number of rotatable bonds is 16. The molecule has 0 radical (unpaired) electrons. The highest BCUT2D eigenvalue weighted by molar-refractivity contribution is 7.98. The maximum absolute atomic E-state index is 13.1. The van der Waals surface area contributed by atoms with E-state index in [1.165, 1.54) is 36.0 Å². The first-order valence-corrected chi connectivity index (χ1v) is 13.2. The van der Waals surface area contributed by atoms with Gasteiger partial charge in [-0.1, -0.05) is 32.4 Å². The van der Waals surface area contributed by atoms with E-state index >= 15 is 0 Å². The SMILES string of the molecule is CCC(C)C(NC(=O)C(CC(N)=O)NC(=O)C(N)CCSC)C(=O)NC(Cc1ccc(O)cc1)C(=O)O. The van der Waals surface area contributed by atoms with Gasteiger partial charge in [0, 0.05) is 6.42 Å². The van der Waals surface area contributed by atoms with Crippen LogP contribution in [0.1, 0.15) is 38.7 Å². The maximum Gasteiger partial charge on any atom is 0.326 e. The molecule has 37 heavy (non-hydrogen) atoms. The lowest BCUT2D eigenvalue weighted by atomic mass is 9.96. The molecular formula is C24H37N5O7S. The van der Waals surface area contributed by atoms with E-state index in [1.54, 1.807) is 13.8 Å². The van der Waals surface area contributed by atoms with E-state index < -0.39 is 66.1 Å². The molecule has 5 atom stereocenters. The summed E-state index contributed by atoms with van der Waals surface area (Å²) >= 11 is 1.50. The lowest BCUT2D eigenvalue weighted by molar-refractivity contribution is -0.142. The van der Waals surface area contributed by atoms with Gasteiger partial charge in [-0.3, -0.25) is 19.2 Å². The first-order chi connectivity index (χ1) is 17.4. The Bertz CT molecular complexity index is 944. The summed E-state index contributed by atoms with van der Waals surface area (Å²) < 4.78 is 0. The molecule has 12 nitrogen and oxygen atoms in total. The Kier molecular flexibility index (Phi) is 13.5. The predicted molar refractivity (Wildman–Crippen MR) is 139 cm³/mol. The van der Waals surface area contributed by atoms with Crippen LogP contribution < -0.4 is 27.4 Å². The number of hydrogen-bond acceptors (Lipinski definition) is 8. The third-order valence-electron chi connectivity index (χ3n) is 5.79. The van der Waals surface area contributed by atoms with Gasteiger partial charge < -0.3 is 37.6 Å². The molecule has 0 spiro atoms. The van der Waals surface area contributed by atoms with Crippen LogP contribution in [0.2, 0.25) is 0 Å². The van der Waals surface area contributed by atoms with E-state index in [-0.39, 0.29) is 12.2 Å². The Hall–Kier alpha value is -3.32. The molecule has 0 saturated heterocycles. The second kappa shape index (κ2) is 15.7. The van der Waals surface area contributed by atoms with Gasteiger partial charge in [0.2, 0.25) is 23.6 Å². The number of carbonyl (C=O) groups is 5. The summed E-state index contributed by atoms with van der Waals surface area (Å²) in [6, 6.07) is 1.14. The number of nitrogens with one attached hydrogen (secondary N) is 3. The van der Waals surface area contributed by atoms with Crippen LogP contribution in [-0.2, 0) is 30.4 Å². The van der Waals surface area contributed by atoms with E-state index in [0.717, 1.165) is 0 Å². The number of primary amides is 1. The molecule has 0 aromatic heterocycles. The Morgan fingerprint density at radius 1 is 0.973 bits per heavy atom. The van der Waals surface area contributed by atoms with Gasteiger partial charge in [0.25, 0.3) is 0 Å². The van der Waals surface area contributed by atoms with Crippen molar-refractivity contribution in [3.8, 4) is 5.75 Å². The number of nitrogens with two attached hydrogens (primary N) is 2. The minimum atomic E-state index is -1.36. The second-order valence-electron chi connectivity index (χ2n) is 8.76. The zero-order valence-corrected chi connectivity index (χ0v) is 22.0. The van der Waals surface area contributed by atoms with Crippen molar-refractivity contribution in [1.29, 1.82) is 0 Å². The Balaban J connectivity index is 3.02. The van der Waals surface area contributed by atoms with Crippen LogP contribution >= 0.6 is 11.8 Å². The molecule has 13 heteroatoms. The topological polar surface area (TPSA) is 214 Å². The van der Waals surface area contributed by atoms with Crippen molar-refractivity contribution >= 4 is 41.4 Å². The highest BCUT2D eigenvalue weighted by Crippen LogP contribution is 2.13. The van der Waals surface area contributed by atoms with Crippen molar-refractivity contribution in [2.75, 3.05) is 12.0 Å². The number of carboxylic acids is 1. The fourth-order valence-electron chi connectivity index (χ4n) is 3.35. The van der Waals surface area contributed by atoms with Gasteiger partial charge >= 0.3 is 5.97 Å². The first kappa shape index (κ1) is 31.7. The van der Waals surface area contributed by atoms with E-state index in [1.807, 2.05) is 6.26 Å². The summed E-state index contributed by atoms with van der Waals surface area (Å²) in [5.74, 6) is -4.12. The molecule has 0 heterocycles. The third-order valence-corrected chi connectivity index (χ3v) is 6.44. The number of aliphatic carboxylic acids is 1. The molecule has 0 aliphatic carbocycles. The average Bonchev–Trinajstić information content (AvgIpc) is 2.84. The van der Waals surface area contributed by atoms with Gasteiger partial charge in [-0.15, -0.1) is 0 Å². The summed E-state index contributed by atoms with van der Waals surface area (Å²) in [6.45, 7) is 3.48. The maximum atomic E-state index is 13.1. The van der Waals surface area contributed by atoms with Crippen molar-refractivity contribution in [2.45, 2.75) is 63.7 Å². The van der Waals surface area contributed by atoms with Crippen LogP contribution in [0.5, 0.6) is 5.75 Å². The largest absolute Gasteiger partial charge is 0.508 e. The molecule has 5 unspecified atom stereocenters. The summed E-state index contributed by atoms with van der Waals surface area (Å²) in [5.41, 5.74) is 11.7. The van der Waals surface area contributed by atoms with Crippen molar-refractivity contribution in [3.05, 3.63) is 29.8 Å². The molecule has 1 rings (SSSR count). The monoisotopic (exact) mass is 539 g/mol. The summed E-state index contributed by atoms with van der Waals surface area (Å²) in [6.07, 6.45) is 2.10. The number of carboxylic acid groups (broad SMARTS) is 1. The van der Waals surface area contributed by atoms with Gasteiger partial charge in [-0.25, -0.2) is 4.79 Å². The molecule has 0 saturated carbocycles. The number of phenolic OH excluding ortho intramolecular Hbond substituents is 1. The zero-order valence-electron chi connectivity index (χ0n) is 21.2. The minimum absolute atomic E-state index is 0.0158. The van der Waals surface area contributed by atoms with Crippen LogP contribution in [0.3, 0.4) is 0 Å². The van der Waals surface area contributed by atoms with Crippen molar-refractivity contribution in [3.63, 3.8) is 0 Å². The number of phenols is 1. The van der Waals surface area contributed by atoms with Crippen LogP contribution in [0, 0.1) is 5.92 Å². The molecule has 0 fully saturated rings. The number of amides is 4. The van der Waals surface area contributed by atoms with Gasteiger partial charge in [0.1, 0.15) is 23.9 Å². The van der Waals surface area contributed by atoms with Crippen LogP contribution in [0.15, 0.2) is 24.3 Å². The van der Waals surface area contributed by atoms with E-state index in [0.29, 0.717) is 24.2 Å². The van der Waals surface area contributed by atoms with Gasteiger partial charge in [-0.2, -0.15) is 11.8 Å². The molecular weight excluding hydrogens is 502 g/mol. The molecule has 9 N–H and O–H groups in total. The zero-order chi connectivity index (χ0) is 28.1. The fraction of sp³-hybridized carbons (Fsp3) is 0.542. The number of hydrogen-bond donors (Lipinski definition) is 7. The fourth-order valence-corrected chi connectivity index (χ4v) is 3.84. The van der Waals surface area contributed by atoms with Crippen LogP contribution in [-0.4, -0.2) is 76.0 Å². The Labute approximate surface area is 220 Å². The van der Waals surface area contributed by atoms with Crippen molar-refractivity contribution in [2.24, 2.45) is 17.4 Å². The van der Waals surface area contributed by atoms with E-state index in [4.69, 9.17) is 11.5 Å². The lowest BCUT2D eigenvalue weighted by Crippen LogP contribution is -2.59. The molecule has 0 bridgehead atoms. The number of thioether (sulfide) groups is 1. The smallest absolute Gasteiger partial charge is 0.326 e. The quantitative estimate of drug-likeness (QED) is 0.144. The molecule has 206 valence electrons. The molecule has 1 aromatic rings. The number of carbonyl (C=O) groups excluding carboxylic acids is 4. The predicted octanol–water partition coefficient (Wildman–Crippen LogP) is -0.524. The first-order valence-electron chi connectivity index (χ1n) is 11.8. The minimum Gasteiger partial charge on any atom is -0.508 e. The molecule has 1 aromatic carbocycles. The van der Waals surface area contributed by atoms with E-state index in [2.05, 4.69) is 16.0 Å². The Morgan fingerprint density at radius 2 is 1.57 bits per heavy atom. The molecule has 0 aliphatic rings. The van der Waals surface area contributed by atoms with Crippen LogP contribution in [0.25, 0.3) is 0 Å². The van der Waals surface area contributed by atoms with E-state index in [9.17, 15) is 34.2 Å². The van der Waals surface area contributed by atoms with Gasteiger partial charge in [-0.05, 0) is 42.0 Å². The average molecular weight is 540 g/mol. The number of benzene rings is 1. The summed E-state index contributed by atoms with van der Waals surface area (Å²) in [7, 11) is 0. The summed E-state index contributed by atoms with van der Waals surface area (Å²) in [4.78, 5) is 61.9. The van der Waals surface area contributed by atoms with Crippen LogP contribution in [0.4, 0.5) is 0 Å². The molecule has 0 aliphatic heterocycles.